The van der Waals surface area contributed by atoms with E-state index in [2.05, 4.69) is 4.74 Å². The second-order valence-corrected chi connectivity index (χ2v) is 6.03. The number of hydrogen-bond donors (Lipinski definition) is 1. The number of alkyl halides is 2. The summed E-state index contributed by atoms with van der Waals surface area (Å²) in [6.07, 6.45) is 1.52. The number of ether oxygens (including phenoxy) is 3. The van der Waals surface area contributed by atoms with Crippen LogP contribution in [0.1, 0.15) is 18.4 Å². The van der Waals surface area contributed by atoms with Crippen molar-refractivity contribution in [1.82, 2.24) is 4.90 Å². The van der Waals surface area contributed by atoms with E-state index in [9.17, 15) is 13.6 Å². The number of carbonyl (C=O) groups excluding carboxylic acids is 1. The van der Waals surface area contributed by atoms with Crippen LogP contribution in [0.5, 0.6) is 11.5 Å². The fourth-order valence-electron chi connectivity index (χ4n) is 2.89. The van der Waals surface area contributed by atoms with Gasteiger partial charge in [-0.1, -0.05) is 6.07 Å². The number of halogens is 3. The van der Waals surface area contributed by atoms with E-state index >= 15 is 0 Å². The topological polar surface area (TPSA) is 74.0 Å². The summed E-state index contributed by atoms with van der Waals surface area (Å²) < 4.78 is 39.8. The zero-order chi connectivity index (χ0) is 18.4. The molecule has 1 fully saturated rings. The molecule has 1 heterocycles. The van der Waals surface area contributed by atoms with Crippen LogP contribution in [0.3, 0.4) is 0 Å². The minimum Gasteiger partial charge on any atom is -0.493 e. The van der Waals surface area contributed by atoms with Crippen molar-refractivity contribution in [1.29, 1.82) is 0 Å². The molecule has 1 aliphatic rings. The van der Waals surface area contributed by atoms with Gasteiger partial charge in [0.15, 0.2) is 11.5 Å². The van der Waals surface area contributed by atoms with Gasteiger partial charge < -0.3 is 24.8 Å². The number of rotatable bonds is 7. The van der Waals surface area contributed by atoms with Crippen molar-refractivity contribution in [2.45, 2.75) is 32.0 Å². The highest BCUT2D eigenvalue weighted by molar-refractivity contribution is 5.85. The van der Waals surface area contributed by atoms with Crippen LogP contribution in [0.15, 0.2) is 18.2 Å². The van der Waals surface area contributed by atoms with Gasteiger partial charge in [-0.2, -0.15) is 8.78 Å². The van der Waals surface area contributed by atoms with Gasteiger partial charge in [0.2, 0.25) is 5.91 Å². The molecule has 0 saturated carbocycles. The SMILES string of the molecule is COc1ccc(CN(C)C(=O)C(N)C2CCOCC2)cc1OC(F)F.Cl. The van der Waals surface area contributed by atoms with Crippen LogP contribution in [0.25, 0.3) is 0 Å². The van der Waals surface area contributed by atoms with Crippen LogP contribution in [-0.4, -0.2) is 50.8 Å². The Morgan fingerprint density at radius 1 is 1.35 bits per heavy atom. The zero-order valence-electron chi connectivity index (χ0n) is 14.8. The van der Waals surface area contributed by atoms with Crippen molar-refractivity contribution in [2.24, 2.45) is 11.7 Å². The van der Waals surface area contributed by atoms with E-state index in [-0.39, 0.29) is 42.3 Å². The molecule has 0 aromatic heterocycles. The number of nitrogens with zero attached hydrogens (tertiary/aromatic N) is 1. The Labute approximate surface area is 158 Å². The molecule has 26 heavy (non-hydrogen) atoms. The average molecular weight is 395 g/mol. The summed E-state index contributed by atoms with van der Waals surface area (Å²) in [4.78, 5) is 14.0. The zero-order valence-corrected chi connectivity index (χ0v) is 15.6. The van der Waals surface area contributed by atoms with E-state index in [1.54, 1.807) is 13.1 Å². The first kappa shape index (κ1) is 22.4. The molecule has 1 aromatic rings. The Hall–Kier alpha value is -1.64. The van der Waals surface area contributed by atoms with Crippen LogP contribution >= 0.6 is 12.4 Å². The number of hydrogen-bond acceptors (Lipinski definition) is 5. The highest BCUT2D eigenvalue weighted by atomic mass is 35.5. The summed E-state index contributed by atoms with van der Waals surface area (Å²) in [6, 6.07) is 4.07. The summed E-state index contributed by atoms with van der Waals surface area (Å²) in [6.45, 7) is -1.49. The minimum atomic E-state index is -2.95. The second-order valence-electron chi connectivity index (χ2n) is 6.03. The van der Waals surface area contributed by atoms with Gasteiger partial charge >= 0.3 is 6.61 Å². The Morgan fingerprint density at radius 3 is 2.58 bits per heavy atom. The predicted molar refractivity (Wildman–Crippen MR) is 94.9 cm³/mol. The average Bonchev–Trinajstić information content (AvgIpc) is 2.61. The van der Waals surface area contributed by atoms with Crippen LogP contribution in [-0.2, 0) is 16.1 Å². The quantitative estimate of drug-likeness (QED) is 0.768. The lowest BCUT2D eigenvalue weighted by Gasteiger charge is -2.30. The van der Waals surface area contributed by atoms with E-state index in [1.165, 1.54) is 24.1 Å². The first-order valence-electron chi connectivity index (χ1n) is 8.12. The number of amides is 1. The van der Waals surface area contributed by atoms with Gasteiger partial charge in [0.25, 0.3) is 0 Å². The van der Waals surface area contributed by atoms with Gasteiger partial charge in [-0.05, 0) is 36.5 Å². The molecular formula is C17H25ClF2N2O4. The highest BCUT2D eigenvalue weighted by Gasteiger charge is 2.28. The number of benzene rings is 1. The molecule has 1 aliphatic heterocycles. The summed E-state index contributed by atoms with van der Waals surface area (Å²) in [5.74, 6) is 0.0536. The molecule has 2 N–H and O–H groups in total. The van der Waals surface area contributed by atoms with E-state index in [1.807, 2.05) is 0 Å². The van der Waals surface area contributed by atoms with Gasteiger partial charge in [-0.25, -0.2) is 0 Å². The lowest BCUT2D eigenvalue weighted by molar-refractivity contribution is -0.133. The molecule has 1 atom stereocenters. The molecular weight excluding hydrogens is 370 g/mol. The van der Waals surface area contributed by atoms with Crippen molar-refractivity contribution in [3.63, 3.8) is 0 Å². The van der Waals surface area contributed by atoms with Crippen molar-refractivity contribution < 1.29 is 27.8 Å². The normalized spacial score (nSPS) is 15.9. The predicted octanol–water partition coefficient (Wildman–Crippen LogP) is 2.43. The molecule has 2 rings (SSSR count). The maximum atomic E-state index is 12.5. The van der Waals surface area contributed by atoms with Gasteiger partial charge in [0.1, 0.15) is 0 Å². The van der Waals surface area contributed by atoms with E-state index in [0.29, 0.717) is 18.8 Å². The van der Waals surface area contributed by atoms with Crippen LogP contribution in [0, 0.1) is 5.92 Å². The van der Waals surface area contributed by atoms with Crippen molar-refractivity contribution in [3.05, 3.63) is 23.8 Å². The fraction of sp³-hybridized carbons (Fsp3) is 0.588. The number of carbonyl (C=O) groups is 1. The Morgan fingerprint density at radius 2 is 2.00 bits per heavy atom. The van der Waals surface area contributed by atoms with E-state index in [0.717, 1.165) is 12.8 Å². The summed E-state index contributed by atoms with van der Waals surface area (Å²) in [7, 11) is 3.01. The monoisotopic (exact) mass is 394 g/mol. The summed E-state index contributed by atoms with van der Waals surface area (Å²) in [5, 5.41) is 0. The molecule has 6 nitrogen and oxygen atoms in total. The van der Waals surface area contributed by atoms with Gasteiger partial charge in [0.05, 0.1) is 13.2 Å². The standard InChI is InChI=1S/C17H24F2N2O4.ClH/c1-21(16(22)15(20)12-5-7-24-8-6-12)10-11-3-4-13(23-2)14(9-11)25-17(18)19;/h3-4,9,12,15,17H,5-8,10,20H2,1-2H3;1H. The molecule has 0 aliphatic carbocycles. The molecule has 1 saturated heterocycles. The van der Waals surface area contributed by atoms with Crippen molar-refractivity contribution in [2.75, 3.05) is 27.4 Å². The minimum absolute atomic E-state index is 0. The molecule has 1 aromatic carbocycles. The number of nitrogens with two attached hydrogens (primary N) is 1. The number of likely N-dealkylation sites (N-methyl/N-ethyl adjacent to an activating group) is 1. The summed E-state index contributed by atoms with van der Waals surface area (Å²) in [5.41, 5.74) is 6.74. The van der Waals surface area contributed by atoms with Gasteiger partial charge in [-0.3, -0.25) is 4.79 Å². The molecule has 9 heteroatoms. The van der Waals surface area contributed by atoms with Crippen LogP contribution < -0.4 is 15.2 Å². The fourth-order valence-corrected chi connectivity index (χ4v) is 2.89. The highest BCUT2D eigenvalue weighted by Crippen LogP contribution is 2.30. The van der Waals surface area contributed by atoms with Crippen molar-refractivity contribution in [3.8, 4) is 11.5 Å². The second kappa shape index (κ2) is 10.5. The van der Waals surface area contributed by atoms with E-state index < -0.39 is 12.7 Å². The molecule has 0 radical (unpaired) electrons. The van der Waals surface area contributed by atoms with Crippen LogP contribution in [0.4, 0.5) is 8.78 Å². The third kappa shape index (κ3) is 5.96. The van der Waals surface area contributed by atoms with Crippen molar-refractivity contribution >= 4 is 18.3 Å². The number of methoxy groups -OCH3 is 1. The third-order valence-electron chi connectivity index (χ3n) is 4.30. The maximum absolute atomic E-state index is 12.5. The molecule has 148 valence electrons. The molecule has 1 unspecified atom stereocenters. The molecule has 0 spiro atoms. The van der Waals surface area contributed by atoms with Gasteiger partial charge in [0, 0.05) is 26.8 Å². The largest absolute Gasteiger partial charge is 0.493 e. The lowest BCUT2D eigenvalue weighted by Crippen LogP contribution is -2.47. The Balaban J connectivity index is 0.00000338. The first-order valence-corrected chi connectivity index (χ1v) is 8.12. The Kier molecular flexibility index (Phi) is 9.04. The summed E-state index contributed by atoms with van der Waals surface area (Å²) >= 11 is 0. The van der Waals surface area contributed by atoms with Crippen LogP contribution in [0.2, 0.25) is 0 Å². The molecule has 1 amide bonds. The third-order valence-corrected chi connectivity index (χ3v) is 4.30. The first-order chi connectivity index (χ1) is 11.9. The Bertz CT molecular complexity index is 586. The maximum Gasteiger partial charge on any atom is 0.387 e. The lowest BCUT2D eigenvalue weighted by atomic mass is 9.91. The smallest absolute Gasteiger partial charge is 0.387 e. The van der Waals surface area contributed by atoms with Gasteiger partial charge in [-0.15, -0.1) is 12.4 Å². The molecule has 0 bridgehead atoms. The van der Waals surface area contributed by atoms with E-state index in [4.69, 9.17) is 15.2 Å².